The quantitative estimate of drug-likeness (QED) is 0.0546. The van der Waals surface area contributed by atoms with E-state index in [2.05, 4.69) is 40.1 Å². The number of imidazole rings is 2. The molecule has 4 aromatic heterocycles. The first-order valence-electron chi connectivity index (χ1n) is 21.4. The summed E-state index contributed by atoms with van der Waals surface area (Å²) in [6.07, 6.45) is 6.36. The maximum Gasteiger partial charge on any atom is 0.459 e. The van der Waals surface area contributed by atoms with E-state index in [0.717, 1.165) is 25.7 Å². The molecule has 2 aromatic carbocycles. The van der Waals surface area contributed by atoms with Crippen LogP contribution in [0.1, 0.15) is 51.6 Å². The maximum atomic E-state index is 13.4. The van der Waals surface area contributed by atoms with Crippen LogP contribution in [-0.2, 0) is 37.2 Å². The number of rotatable bonds is 20. The van der Waals surface area contributed by atoms with Gasteiger partial charge < -0.3 is 48.6 Å². The standard InChI is InChI=1S/2C21H27N6O6P/c2*1-13(20(28)31-3)26-34(29,33-16-7-5-4-6-8-16)32-11-14-9-15(10-14)27-12-23-17-18(27)24-21(22)25-19(17)30-2/h2*4-8,12-15H,9-11H2,1-3H3,(H,26,29)(H2,22,24,25)/t2*13-,14?,15?,34?/m00/s1. The Morgan fingerprint density at radius 1 is 0.632 bits per heavy atom. The number of nitrogens with zero attached hydrogens (tertiary/aromatic N) is 8. The molecule has 4 heterocycles. The van der Waals surface area contributed by atoms with E-state index in [0.29, 0.717) is 45.6 Å². The number of aromatic nitrogens is 8. The van der Waals surface area contributed by atoms with Crippen LogP contribution in [0.3, 0.4) is 0 Å². The highest BCUT2D eigenvalue weighted by Gasteiger charge is 2.39. The van der Waals surface area contributed by atoms with Gasteiger partial charge in [0.05, 0.1) is 54.3 Å². The Labute approximate surface area is 390 Å². The topological polar surface area (TPSA) is 305 Å². The van der Waals surface area contributed by atoms with Crippen LogP contribution in [0.2, 0.25) is 0 Å². The molecule has 6 N–H and O–H groups in total. The number of ether oxygens (including phenoxy) is 4. The van der Waals surface area contributed by atoms with Crippen molar-refractivity contribution in [2.45, 2.75) is 63.7 Å². The van der Waals surface area contributed by atoms with Gasteiger partial charge >= 0.3 is 27.4 Å². The van der Waals surface area contributed by atoms with Gasteiger partial charge in [0.25, 0.3) is 0 Å². The molecule has 4 atom stereocenters. The van der Waals surface area contributed by atoms with E-state index in [1.807, 2.05) is 21.3 Å². The van der Waals surface area contributed by atoms with E-state index < -0.39 is 39.5 Å². The van der Waals surface area contributed by atoms with Crippen LogP contribution in [0.25, 0.3) is 22.3 Å². The molecule has 0 spiro atoms. The number of carbonyl (C=O) groups excluding carboxylic acids is 2. The van der Waals surface area contributed by atoms with Gasteiger partial charge in [-0.3, -0.25) is 18.6 Å². The average molecular weight is 981 g/mol. The highest BCUT2D eigenvalue weighted by atomic mass is 31.2. The van der Waals surface area contributed by atoms with E-state index >= 15 is 0 Å². The number of benzene rings is 2. The SMILES string of the molecule is COC(=O)[C@H](C)NP(=O)(OCC1CC(n2cnc3c(OC)nc(N)nc32)C1)Oc1ccccc1.COC(=O)[C@H](C)NP(=O)(OCC1CC(n2cnc3c(OC)nc(N)nc32)C1)Oc1ccccc1. The fourth-order valence-electron chi connectivity index (χ4n) is 7.52. The van der Waals surface area contributed by atoms with Gasteiger partial charge in [-0.25, -0.2) is 19.1 Å². The lowest BCUT2D eigenvalue weighted by atomic mass is 9.81. The lowest BCUT2D eigenvalue weighted by Gasteiger charge is -2.36. The maximum absolute atomic E-state index is 13.4. The van der Waals surface area contributed by atoms with Gasteiger partial charge in [-0.1, -0.05) is 36.4 Å². The van der Waals surface area contributed by atoms with Crippen LogP contribution in [-0.4, -0.2) is 105 Å². The van der Waals surface area contributed by atoms with E-state index in [-0.39, 0.29) is 49.0 Å². The zero-order valence-corrected chi connectivity index (χ0v) is 39.9. The normalized spacial score (nSPS) is 20.2. The van der Waals surface area contributed by atoms with E-state index in [1.54, 1.807) is 61.2 Å². The number of methoxy groups -OCH3 is 4. The number of nitrogens with two attached hydrogens (primary N) is 2. The Balaban J connectivity index is 0.000000201. The summed E-state index contributed by atoms with van der Waals surface area (Å²) in [7, 11) is -2.20. The second-order valence-corrected chi connectivity index (χ2v) is 19.3. The number of anilines is 2. The first-order valence-corrected chi connectivity index (χ1v) is 24.5. The number of hydrogen-bond acceptors (Lipinski definition) is 20. The Kier molecular flexibility index (Phi) is 15.8. The van der Waals surface area contributed by atoms with Crippen molar-refractivity contribution in [1.82, 2.24) is 49.2 Å². The first-order chi connectivity index (χ1) is 32.6. The lowest BCUT2D eigenvalue weighted by molar-refractivity contribution is -0.143. The highest BCUT2D eigenvalue weighted by Crippen LogP contribution is 2.50. The number of nitrogen functional groups attached to an aromatic ring is 2. The molecule has 24 nitrogen and oxygen atoms in total. The Hall–Kier alpha value is -6.42. The van der Waals surface area contributed by atoms with Crippen molar-refractivity contribution in [3.05, 3.63) is 73.3 Å². The molecule has 68 heavy (non-hydrogen) atoms. The second kappa shape index (κ2) is 21.7. The zero-order chi connectivity index (χ0) is 48.6. The molecule has 2 aliphatic carbocycles. The van der Waals surface area contributed by atoms with Gasteiger partial charge in [0.15, 0.2) is 22.3 Å². The summed E-state index contributed by atoms with van der Waals surface area (Å²) in [5.74, 6) is 0.662. The summed E-state index contributed by atoms with van der Waals surface area (Å²) in [4.78, 5) is 49.1. The summed E-state index contributed by atoms with van der Waals surface area (Å²) in [5.41, 5.74) is 13.9. The average Bonchev–Trinajstić information content (AvgIpc) is 3.91. The monoisotopic (exact) mass is 980 g/mol. The van der Waals surface area contributed by atoms with E-state index in [4.69, 9.17) is 48.5 Å². The van der Waals surface area contributed by atoms with Crippen molar-refractivity contribution in [3.63, 3.8) is 0 Å². The van der Waals surface area contributed by atoms with Gasteiger partial charge in [-0.05, 0) is 75.6 Å². The molecule has 0 radical (unpaired) electrons. The molecular formula is C42H54N12O12P2. The number of fused-ring (bicyclic) bond motifs is 2. The summed E-state index contributed by atoms with van der Waals surface area (Å²) < 4.78 is 73.4. The molecule has 6 aromatic rings. The number of carbonyl (C=O) groups is 2. The third-order valence-corrected chi connectivity index (χ3v) is 14.4. The molecule has 364 valence electrons. The largest absolute Gasteiger partial charge is 0.479 e. The number of hydrogen-bond donors (Lipinski definition) is 4. The Morgan fingerprint density at radius 2 is 1.00 bits per heavy atom. The minimum atomic E-state index is -3.86. The van der Waals surface area contributed by atoms with Crippen molar-refractivity contribution < 1.29 is 55.8 Å². The van der Waals surface area contributed by atoms with Crippen molar-refractivity contribution in [3.8, 4) is 23.3 Å². The van der Waals surface area contributed by atoms with Crippen molar-refractivity contribution in [2.24, 2.45) is 11.8 Å². The Bertz CT molecular complexity index is 2590. The second-order valence-electron chi connectivity index (χ2n) is 16.0. The summed E-state index contributed by atoms with van der Waals surface area (Å²) in [6.45, 7) is 3.41. The molecule has 2 fully saturated rings. The number of para-hydroxylation sites is 2. The van der Waals surface area contributed by atoms with Crippen LogP contribution in [0.15, 0.2) is 73.3 Å². The molecular weight excluding hydrogens is 926 g/mol. The van der Waals surface area contributed by atoms with Crippen LogP contribution in [0, 0.1) is 11.8 Å². The molecule has 0 bridgehead atoms. The molecule has 0 aliphatic heterocycles. The fourth-order valence-corrected chi connectivity index (χ4v) is 10.7. The minimum Gasteiger partial charge on any atom is -0.479 e. The number of nitrogens with one attached hydrogen (secondary N) is 2. The van der Waals surface area contributed by atoms with Gasteiger partial charge in [0.2, 0.25) is 23.7 Å². The molecule has 2 aliphatic rings. The summed E-state index contributed by atoms with van der Waals surface area (Å²) in [6, 6.07) is 15.7. The summed E-state index contributed by atoms with van der Waals surface area (Å²) >= 11 is 0. The third-order valence-electron chi connectivity index (χ3n) is 11.1. The smallest absolute Gasteiger partial charge is 0.459 e. The van der Waals surface area contributed by atoms with Crippen molar-refractivity contribution in [1.29, 1.82) is 0 Å². The summed E-state index contributed by atoms with van der Waals surface area (Å²) in [5, 5.41) is 5.31. The molecule has 8 rings (SSSR count). The zero-order valence-electron chi connectivity index (χ0n) is 38.2. The van der Waals surface area contributed by atoms with Gasteiger partial charge in [-0.2, -0.15) is 30.1 Å². The van der Waals surface area contributed by atoms with Crippen molar-refractivity contribution >= 4 is 61.7 Å². The predicted octanol–water partition coefficient (Wildman–Crippen LogP) is 5.45. The Morgan fingerprint density at radius 3 is 1.34 bits per heavy atom. The fraction of sp³-hybridized carbons (Fsp3) is 0.429. The lowest BCUT2D eigenvalue weighted by Crippen LogP contribution is -2.36. The molecule has 2 saturated carbocycles. The van der Waals surface area contributed by atoms with Gasteiger partial charge in [-0.15, -0.1) is 0 Å². The van der Waals surface area contributed by atoms with Crippen molar-refractivity contribution in [2.75, 3.05) is 53.1 Å². The first kappa shape index (κ1) is 49.5. The van der Waals surface area contributed by atoms with Gasteiger partial charge in [0, 0.05) is 12.1 Å². The van der Waals surface area contributed by atoms with Crippen LogP contribution < -0.4 is 40.2 Å². The highest BCUT2D eigenvalue weighted by molar-refractivity contribution is 7.52. The van der Waals surface area contributed by atoms with E-state index in [9.17, 15) is 18.7 Å². The molecule has 2 unspecified atom stereocenters. The van der Waals surface area contributed by atoms with Crippen LogP contribution in [0.4, 0.5) is 11.9 Å². The van der Waals surface area contributed by atoms with Crippen LogP contribution in [0.5, 0.6) is 23.3 Å². The third kappa shape index (κ3) is 11.8. The molecule has 0 saturated heterocycles. The predicted molar refractivity (Wildman–Crippen MR) is 247 cm³/mol. The minimum absolute atomic E-state index is 0.107. The molecule has 26 heteroatoms. The van der Waals surface area contributed by atoms with E-state index in [1.165, 1.54) is 42.3 Å². The molecule has 0 amide bonds. The van der Waals surface area contributed by atoms with Crippen LogP contribution >= 0.6 is 15.5 Å². The van der Waals surface area contributed by atoms with Gasteiger partial charge in [0.1, 0.15) is 23.6 Å². The number of esters is 2.